The molecule has 1 aliphatic rings. The summed E-state index contributed by atoms with van der Waals surface area (Å²) in [6.07, 6.45) is 0.715. The van der Waals surface area contributed by atoms with E-state index in [1.54, 1.807) is 7.41 Å². The zero-order chi connectivity index (χ0) is 16.5. The molecule has 0 fully saturated rings. The van der Waals surface area contributed by atoms with Gasteiger partial charge in [0.25, 0.3) is 7.41 Å². The third-order valence-electron chi connectivity index (χ3n) is 4.47. The van der Waals surface area contributed by atoms with Crippen molar-refractivity contribution < 1.29 is 14.3 Å². The minimum Gasteiger partial charge on any atom is -0.408 e. The van der Waals surface area contributed by atoms with Crippen LogP contribution in [0.25, 0.3) is 0 Å². The molecule has 0 saturated heterocycles. The fourth-order valence-corrected chi connectivity index (χ4v) is 4.52. The second-order valence-corrected chi connectivity index (χ2v) is 13.0. The summed E-state index contributed by atoms with van der Waals surface area (Å²) in [5.74, 6) is 0. The Morgan fingerprint density at radius 3 is 2.77 bits per heavy atom. The van der Waals surface area contributed by atoms with E-state index in [0.29, 0.717) is 18.1 Å². The van der Waals surface area contributed by atoms with Crippen molar-refractivity contribution in [1.82, 2.24) is 9.79 Å². The molecule has 1 atom stereocenters. The molecule has 0 amide bonds. The highest BCUT2D eigenvalue weighted by atomic mass is 32.1. The molecule has 0 aromatic carbocycles. The summed E-state index contributed by atoms with van der Waals surface area (Å²) in [6, 6.07) is 0. The lowest BCUT2D eigenvalue weighted by Gasteiger charge is -2.41. The summed E-state index contributed by atoms with van der Waals surface area (Å²) in [5.41, 5.74) is 0.919. The Balaban J connectivity index is 2.29. The van der Waals surface area contributed by atoms with Gasteiger partial charge in [0.1, 0.15) is 5.01 Å². The van der Waals surface area contributed by atoms with Crippen molar-refractivity contribution >= 4 is 33.3 Å². The van der Waals surface area contributed by atoms with Gasteiger partial charge in [-0.3, -0.25) is 0 Å². The van der Waals surface area contributed by atoms with Crippen molar-refractivity contribution in [2.24, 2.45) is 0 Å². The average Bonchev–Trinajstić information content (AvgIpc) is 2.80. The summed E-state index contributed by atoms with van der Waals surface area (Å²) in [5, 5.41) is 10.2. The van der Waals surface area contributed by atoms with Crippen molar-refractivity contribution in [2.45, 2.75) is 58.2 Å². The van der Waals surface area contributed by atoms with Crippen molar-refractivity contribution in [2.75, 3.05) is 6.54 Å². The summed E-state index contributed by atoms with van der Waals surface area (Å²) >= 11 is 1.52. The van der Waals surface area contributed by atoms with E-state index in [9.17, 15) is 9.90 Å². The van der Waals surface area contributed by atoms with Gasteiger partial charge in [0.2, 0.25) is 0 Å². The Morgan fingerprint density at radius 2 is 2.23 bits per heavy atom. The quantitative estimate of drug-likeness (QED) is 0.659. The van der Waals surface area contributed by atoms with Crippen LogP contribution in [0.1, 0.15) is 42.5 Å². The minimum absolute atomic E-state index is 0.0537. The summed E-state index contributed by atoms with van der Waals surface area (Å²) < 4.78 is 6.55. The molecule has 1 aliphatic heterocycles. The van der Waals surface area contributed by atoms with E-state index < -0.39 is 8.32 Å². The third-order valence-corrected chi connectivity index (χ3v) is 10.1. The van der Waals surface area contributed by atoms with Crippen molar-refractivity contribution in [3.8, 4) is 0 Å². The molecular formula is C14H24BN2O3SSi. The molecule has 1 radical (unpaired) electrons. The Morgan fingerprint density at radius 1 is 1.55 bits per heavy atom. The first-order valence-electron chi connectivity index (χ1n) is 7.48. The minimum atomic E-state index is -1.93. The van der Waals surface area contributed by atoms with Crippen LogP contribution in [0, 0.1) is 0 Å². The van der Waals surface area contributed by atoms with Gasteiger partial charge >= 0.3 is 0 Å². The Labute approximate surface area is 138 Å². The molecular weight excluding hydrogens is 315 g/mol. The molecule has 2 rings (SSSR count). The van der Waals surface area contributed by atoms with Crippen LogP contribution in [0.15, 0.2) is 0 Å². The maximum atomic E-state index is 10.8. The van der Waals surface area contributed by atoms with E-state index in [1.165, 1.54) is 11.3 Å². The van der Waals surface area contributed by atoms with Crippen LogP contribution in [0.3, 0.4) is 0 Å². The maximum absolute atomic E-state index is 10.8. The fraction of sp³-hybridized carbons (Fsp3) is 0.714. The van der Waals surface area contributed by atoms with Crippen LogP contribution in [0.4, 0.5) is 0 Å². The van der Waals surface area contributed by atoms with E-state index in [0.717, 1.165) is 16.8 Å². The first-order chi connectivity index (χ1) is 10.2. The number of carbonyl (C=O) groups is 1. The zero-order valence-corrected chi connectivity index (χ0v) is 15.7. The van der Waals surface area contributed by atoms with Crippen molar-refractivity contribution in [3.05, 3.63) is 15.6 Å². The number of hydrogen-bond donors (Lipinski definition) is 1. The average molecular weight is 339 g/mol. The number of hydrogen-bond acceptors (Lipinski definition) is 6. The lowest BCUT2D eigenvalue weighted by Crippen LogP contribution is -2.46. The van der Waals surface area contributed by atoms with Crippen LogP contribution in [0.2, 0.25) is 18.1 Å². The Bertz CT molecular complexity index is 545. The topological polar surface area (TPSA) is 62.7 Å². The first-order valence-corrected chi connectivity index (χ1v) is 11.2. The smallest absolute Gasteiger partial charge is 0.293 e. The molecule has 2 heterocycles. The SMILES string of the molecule is CC(C)(C)[Si](C)(C)OC1CN([B]C=O)Cc2nc(CO)sc21. The van der Waals surface area contributed by atoms with Gasteiger partial charge in [-0.25, -0.2) is 4.98 Å². The van der Waals surface area contributed by atoms with Crippen LogP contribution in [-0.2, 0) is 22.4 Å². The monoisotopic (exact) mass is 339 g/mol. The number of thiazole rings is 1. The fourth-order valence-electron chi connectivity index (χ4n) is 2.22. The second kappa shape index (κ2) is 6.53. The first kappa shape index (κ1) is 17.8. The lowest BCUT2D eigenvalue weighted by atomic mass is 9.91. The highest BCUT2D eigenvalue weighted by Crippen LogP contribution is 2.42. The number of carbonyl (C=O) groups excluding carboxylic acids is 1. The van der Waals surface area contributed by atoms with E-state index in [1.807, 2.05) is 4.81 Å². The largest absolute Gasteiger partial charge is 0.408 e. The van der Waals surface area contributed by atoms with Crippen LogP contribution < -0.4 is 0 Å². The molecule has 121 valence electrons. The summed E-state index contributed by atoms with van der Waals surface area (Å²) in [4.78, 5) is 18.3. The molecule has 1 unspecified atom stereocenters. The van der Waals surface area contributed by atoms with Crippen molar-refractivity contribution in [1.29, 1.82) is 0 Å². The number of fused-ring (bicyclic) bond motifs is 1. The molecule has 1 aromatic heterocycles. The Kier molecular flexibility index (Phi) is 5.28. The van der Waals surface area contributed by atoms with Gasteiger partial charge in [-0.15, -0.1) is 11.3 Å². The highest BCUT2D eigenvalue weighted by Gasteiger charge is 2.41. The number of rotatable bonds is 5. The number of aliphatic hydroxyl groups is 1. The lowest BCUT2D eigenvalue weighted by molar-refractivity contribution is 0.142. The van der Waals surface area contributed by atoms with E-state index in [4.69, 9.17) is 4.43 Å². The predicted octanol–water partition coefficient (Wildman–Crippen LogP) is 2.32. The van der Waals surface area contributed by atoms with E-state index in [-0.39, 0.29) is 17.7 Å². The summed E-state index contributed by atoms with van der Waals surface area (Å²) in [7, 11) is -0.382. The molecule has 22 heavy (non-hydrogen) atoms. The number of nitrogens with zero attached hydrogens (tertiary/aromatic N) is 2. The standard InChI is InChI=1S/C14H24BN2O3SSi/c1-14(2,3)22(4,5)20-11-7-17(15-9-19)6-10-13(11)21-12(8-18)16-10/h9,11,18H,6-8H2,1-5H3. The maximum Gasteiger partial charge on any atom is 0.293 e. The van der Waals surface area contributed by atoms with Gasteiger partial charge in [-0.05, 0) is 18.1 Å². The molecule has 0 bridgehead atoms. The van der Waals surface area contributed by atoms with E-state index in [2.05, 4.69) is 38.8 Å². The number of aromatic nitrogens is 1. The van der Waals surface area contributed by atoms with Gasteiger partial charge in [0.05, 0.1) is 29.5 Å². The van der Waals surface area contributed by atoms with Gasteiger partial charge in [0, 0.05) is 13.1 Å². The Hall–Kier alpha value is -0.538. The van der Waals surface area contributed by atoms with Gasteiger partial charge in [-0.2, -0.15) is 0 Å². The van der Waals surface area contributed by atoms with Crippen LogP contribution in [-0.4, -0.2) is 43.4 Å². The normalized spacial score (nSPS) is 19.8. The molecule has 0 spiro atoms. The van der Waals surface area contributed by atoms with E-state index >= 15 is 0 Å². The molecule has 5 nitrogen and oxygen atoms in total. The highest BCUT2D eigenvalue weighted by molar-refractivity contribution is 7.11. The van der Waals surface area contributed by atoms with Gasteiger partial charge < -0.3 is 19.1 Å². The second-order valence-electron chi connectivity index (χ2n) is 7.16. The molecule has 0 aliphatic carbocycles. The predicted molar refractivity (Wildman–Crippen MR) is 92.0 cm³/mol. The molecule has 8 heteroatoms. The number of aliphatic hydroxyl groups excluding tert-OH is 1. The van der Waals surface area contributed by atoms with Gasteiger partial charge in [-0.1, -0.05) is 20.8 Å². The third kappa shape index (κ3) is 3.68. The summed E-state index contributed by atoms with van der Waals surface area (Å²) in [6.45, 7) is 12.3. The molecule has 0 saturated carbocycles. The zero-order valence-electron chi connectivity index (χ0n) is 13.9. The van der Waals surface area contributed by atoms with Crippen LogP contribution >= 0.6 is 11.3 Å². The van der Waals surface area contributed by atoms with Crippen molar-refractivity contribution in [3.63, 3.8) is 0 Å². The molecule has 1 N–H and O–H groups in total. The van der Waals surface area contributed by atoms with Gasteiger partial charge in [0.15, 0.2) is 8.32 Å². The van der Waals surface area contributed by atoms with Crippen LogP contribution in [0.5, 0.6) is 0 Å². The molecule has 1 aromatic rings.